The van der Waals surface area contributed by atoms with E-state index in [1.807, 2.05) is 0 Å². The third-order valence-electron chi connectivity index (χ3n) is 3.33. The van der Waals surface area contributed by atoms with Crippen LogP contribution < -0.4 is 5.32 Å². The van der Waals surface area contributed by atoms with E-state index < -0.39 is 23.9 Å². The van der Waals surface area contributed by atoms with E-state index in [0.717, 1.165) is 4.90 Å². The highest BCUT2D eigenvalue weighted by atomic mass is 35.5. The van der Waals surface area contributed by atoms with E-state index in [2.05, 4.69) is 5.32 Å². The molecule has 0 spiro atoms. The molecule has 0 aliphatic carbocycles. The molecule has 0 radical (unpaired) electrons. The quantitative estimate of drug-likeness (QED) is 0.682. The Bertz CT molecular complexity index is 642. The van der Waals surface area contributed by atoms with Gasteiger partial charge in [0.05, 0.1) is 18.6 Å². The van der Waals surface area contributed by atoms with Crippen molar-refractivity contribution in [2.75, 3.05) is 13.0 Å². The van der Waals surface area contributed by atoms with E-state index in [-0.39, 0.29) is 17.2 Å². The zero-order valence-corrected chi connectivity index (χ0v) is 12.9. The van der Waals surface area contributed by atoms with Gasteiger partial charge in [0.1, 0.15) is 6.04 Å². The zero-order valence-electron chi connectivity index (χ0n) is 12.1. The summed E-state index contributed by atoms with van der Waals surface area (Å²) in [7, 11) is 1.23. The van der Waals surface area contributed by atoms with Crippen molar-refractivity contribution in [2.24, 2.45) is 0 Å². The second kappa shape index (κ2) is 6.62. The number of carbonyl (C=O) groups is 3. The van der Waals surface area contributed by atoms with Gasteiger partial charge in [-0.1, -0.05) is 30.3 Å². The number of hydrogen-bond donors (Lipinski definition) is 1. The van der Waals surface area contributed by atoms with E-state index in [1.54, 1.807) is 30.3 Å². The third-order valence-corrected chi connectivity index (χ3v) is 3.59. The van der Waals surface area contributed by atoms with E-state index in [4.69, 9.17) is 16.3 Å². The maximum Gasteiger partial charge on any atom is 0.338 e. The van der Waals surface area contributed by atoms with Crippen LogP contribution in [0.2, 0.25) is 0 Å². The average molecular weight is 323 g/mol. The largest absolute Gasteiger partial charge is 0.466 e. The Hall–Kier alpha value is -2.34. The molecule has 0 bridgehead atoms. The molecule has 1 aliphatic rings. The molecule has 1 atom stereocenters. The summed E-state index contributed by atoms with van der Waals surface area (Å²) < 4.78 is 4.79. The molecule has 1 aliphatic heterocycles. The Labute approximate surface area is 132 Å². The van der Waals surface area contributed by atoms with Crippen LogP contribution in [-0.4, -0.2) is 35.8 Å². The highest BCUT2D eigenvalue weighted by Crippen LogP contribution is 2.34. The third kappa shape index (κ3) is 2.82. The fourth-order valence-electron chi connectivity index (χ4n) is 2.39. The second-order valence-corrected chi connectivity index (χ2v) is 4.92. The number of urea groups is 1. The number of nitrogens with one attached hydrogen (secondary N) is 1. The lowest BCUT2D eigenvalue weighted by Crippen LogP contribution is -2.51. The Morgan fingerprint density at radius 2 is 1.95 bits per heavy atom. The molecule has 1 N–H and O–H groups in total. The number of hydrogen-bond acceptors (Lipinski definition) is 4. The molecular weight excluding hydrogens is 308 g/mol. The van der Waals surface area contributed by atoms with Gasteiger partial charge in [-0.25, -0.2) is 9.59 Å². The summed E-state index contributed by atoms with van der Waals surface area (Å²) in [4.78, 5) is 37.2. The number of nitrogens with zero attached hydrogens (tertiary/aromatic N) is 1. The molecule has 0 fully saturated rings. The lowest BCUT2D eigenvalue weighted by molar-refractivity contribution is -0.137. The summed E-state index contributed by atoms with van der Waals surface area (Å²) in [6.45, 7) is 1.26. The van der Waals surface area contributed by atoms with Crippen molar-refractivity contribution < 1.29 is 19.1 Å². The maximum atomic E-state index is 12.2. The number of imide groups is 1. The van der Waals surface area contributed by atoms with Gasteiger partial charge >= 0.3 is 12.0 Å². The molecule has 1 aromatic rings. The first kappa shape index (κ1) is 16.0. The summed E-state index contributed by atoms with van der Waals surface area (Å²) in [5, 5.41) is 2.48. The van der Waals surface area contributed by atoms with Crippen LogP contribution in [0.5, 0.6) is 0 Å². The predicted molar refractivity (Wildman–Crippen MR) is 80.0 cm³/mol. The molecule has 0 saturated heterocycles. The summed E-state index contributed by atoms with van der Waals surface area (Å²) in [6.07, 6.45) is 0. The van der Waals surface area contributed by atoms with Gasteiger partial charge in [-0.05, 0) is 5.56 Å². The van der Waals surface area contributed by atoms with Gasteiger partial charge in [0.25, 0.3) is 0 Å². The molecule has 1 heterocycles. The molecule has 1 unspecified atom stereocenters. The molecule has 0 aromatic heterocycles. The predicted octanol–water partition coefficient (Wildman–Crippen LogP) is 1.97. The Morgan fingerprint density at radius 1 is 1.32 bits per heavy atom. The number of amides is 3. The van der Waals surface area contributed by atoms with Crippen molar-refractivity contribution in [1.82, 2.24) is 10.2 Å². The van der Waals surface area contributed by atoms with Gasteiger partial charge in [-0.2, -0.15) is 0 Å². The lowest BCUT2D eigenvalue weighted by atomic mass is 9.94. The van der Waals surface area contributed by atoms with Crippen molar-refractivity contribution in [3.8, 4) is 0 Å². The Balaban J connectivity index is 2.68. The number of ether oxygens (including phenoxy) is 1. The van der Waals surface area contributed by atoms with Crippen molar-refractivity contribution in [3.05, 3.63) is 47.2 Å². The number of allylic oxidation sites excluding steroid dienone is 1. The van der Waals surface area contributed by atoms with Gasteiger partial charge in [0.2, 0.25) is 5.91 Å². The summed E-state index contributed by atoms with van der Waals surface area (Å²) in [5.74, 6) is -1.21. The smallest absolute Gasteiger partial charge is 0.338 e. The fraction of sp³-hybridized carbons (Fsp3) is 0.267. The molecule has 7 heteroatoms. The lowest BCUT2D eigenvalue weighted by Gasteiger charge is -2.36. The van der Waals surface area contributed by atoms with E-state index in [0.29, 0.717) is 5.56 Å². The standard InChI is InChI=1S/C15H15ClN2O4/c1-9(19)18-13(10-6-4-3-5-7-10)12(14(20)22-2)11(8-16)17-15(18)21/h3-7,13H,8H2,1-2H3,(H,17,21). The van der Waals surface area contributed by atoms with Crippen LogP contribution in [0.3, 0.4) is 0 Å². The fourth-order valence-corrected chi connectivity index (χ4v) is 2.60. The minimum absolute atomic E-state index is 0.0781. The minimum Gasteiger partial charge on any atom is -0.466 e. The Kier molecular flexibility index (Phi) is 4.82. The van der Waals surface area contributed by atoms with Gasteiger partial charge in [0, 0.05) is 12.6 Å². The Morgan fingerprint density at radius 3 is 2.45 bits per heavy atom. The highest BCUT2D eigenvalue weighted by molar-refractivity contribution is 6.20. The van der Waals surface area contributed by atoms with Crippen LogP contribution in [-0.2, 0) is 14.3 Å². The second-order valence-electron chi connectivity index (χ2n) is 4.65. The molecule has 1 aromatic carbocycles. The SMILES string of the molecule is COC(=O)C1=C(CCl)NC(=O)N(C(C)=O)C1c1ccccc1. The van der Waals surface area contributed by atoms with Crippen molar-refractivity contribution >= 4 is 29.5 Å². The van der Waals surface area contributed by atoms with Gasteiger partial charge in [0.15, 0.2) is 0 Å². The van der Waals surface area contributed by atoms with Crippen LogP contribution >= 0.6 is 11.6 Å². The molecule has 3 amide bonds. The van der Waals surface area contributed by atoms with E-state index in [9.17, 15) is 14.4 Å². The van der Waals surface area contributed by atoms with Crippen LogP contribution in [0.4, 0.5) is 4.79 Å². The number of halogens is 1. The molecule has 0 saturated carbocycles. The van der Waals surface area contributed by atoms with E-state index in [1.165, 1.54) is 14.0 Å². The number of rotatable bonds is 3. The summed E-state index contributed by atoms with van der Waals surface area (Å²) in [5.41, 5.74) is 1.01. The van der Waals surface area contributed by atoms with Crippen molar-refractivity contribution in [2.45, 2.75) is 13.0 Å². The molecule has 6 nitrogen and oxygen atoms in total. The molecule has 2 rings (SSSR count). The average Bonchev–Trinajstić information content (AvgIpc) is 2.53. The monoisotopic (exact) mass is 322 g/mol. The number of esters is 1. The number of carbonyl (C=O) groups excluding carboxylic acids is 3. The van der Waals surface area contributed by atoms with Gasteiger partial charge in [-0.3, -0.25) is 9.69 Å². The number of methoxy groups -OCH3 is 1. The molecule has 22 heavy (non-hydrogen) atoms. The molecule has 116 valence electrons. The maximum absolute atomic E-state index is 12.2. The summed E-state index contributed by atoms with van der Waals surface area (Å²) in [6, 6.07) is 7.29. The van der Waals surface area contributed by atoms with Crippen molar-refractivity contribution in [1.29, 1.82) is 0 Å². The normalized spacial score (nSPS) is 18.0. The van der Waals surface area contributed by atoms with Crippen LogP contribution in [0.25, 0.3) is 0 Å². The first-order valence-corrected chi connectivity index (χ1v) is 7.07. The zero-order chi connectivity index (χ0) is 16.3. The molecular formula is C15H15ClN2O4. The summed E-state index contributed by atoms with van der Waals surface area (Å²) >= 11 is 5.84. The first-order valence-electron chi connectivity index (χ1n) is 6.54. The van der Waals surface area contributed by atoms with Crippen LogP contribution in [0.15, 0.2) is 41.6 Å². The minimum atomic E-state index is -0.867. The van der Waals surface area contributed by atoms with Gasteiger partial charge < -0.3 is 10.1 Å². The number of benzene rings is 1. The number of alkyl halides is 1. The van der Waals surface area contributed by atoms with Gasteiger partial charge in [-0.15, -0.1) is 11.6 Å². The van der Waals surface area contributed by atoms with E-state index >= 15 is 0 Å². The first-order chi connectivity index (χ1) is 10.5. The highest BCUT2D eigenvalue weighted by Gasteiger charge is 2.41. The van der Waals surface area contributed by atoms with Crippen LogP contribution in [0.1, 0.15) is 18.5 Å². The topological polar surface area (TPSA) is 75.7 Å². The van der Waals surface area contributed by atoms with Crippen LogP contribution in [0, 0.1) is 0 Å². The van der Waals surface area contributed by atoms with Crippen molar-refractivity contribution in [3.63, 3.8) is 0 Å².